The van der Waals surface area contributed by atoms with Crippen molar-refractivity contribution in [3.63, 3.8) is 0 Å². The standard InChI is InChI=1S/C28H35N3O8/c1-15-24(33)20(12-17-8-4-3-5-9-17)29-27(36)22(30-26(35)19-10-6-7-11-21(19)32)16(2)39-28(37)23(31-25(15)34)18-13-38-14-18/h3-11,15-16,18,20,22-24,26,30,32-33,35H,12-14H2,1-2H3,(H,29,36)(H,31,34). The van der Waals surface area contributed by atoms with E-state index in [1.165, 1.54) is 26.0 Å². The zero-order valence-electron chi connectivity index (χ0n) is 21.8. The number of carbonyl (C=O) groups is 3. The Morgan fingerprint density at radius 3 is 2.28 bits per heavy atom. The van der Waals surface area contributed by atoms with E-state index in [1.807, 2.05) is 30.3 Å². The Kier molecular flexibility index (Phi) is 9.18. The predicted octanol–water partition coefficient (Wildman–Crippen LogP) is 0.142. The molecule has 0 aliphatic carbocycles. The molecule has 210 valence electrons. The molecule has 0 aromatic heterocycles. The fraction of sp³-hybridized carbons (Fsp3) is 0.464. The van der Waals surface area contributed by atoms with Gasteiger partial charge in [-0.2, -0.15) is 0 Å². The third kappa shape index (κ3) is 6.74. The molecule has 7 atom stereocenters. The van der Waals surface area contributed by atoms with Gasteiger partial charge in [0.1, 0.15) is 30.2 Å². The second-order valence-corrected chi connectivity index (χ2v) is 10.1. The molecule has 2 fully saturated rings. The molecule has 39 heavy (non-hydrogen) atoms. The summed E-state index contributed by atoms with van der Waals surface area (Å²) in [6.45, 7) is 3.50. The van der Waals surface area contributed by atoms with E-state index in [9.17, 15) is 29.7 Å². The molecular weight excluding hydrogens is 506 g/mol. The van der Waals surface area contributed by atoms with Gasteiger partial charge in [-0.25, -0.2) is 4.79 Å². The minimum atomic E-state index is -1.48. The van der Waals surface area contributed by atoms with Crippen molar-refractivity contribution in [1.29, 1.82) is 0 Å². The highest BCUT2D eigenvalue weighted by Gasteiger charge is 2.42. The number of para-hydroxylation sites is 1. The lowest BCUT2D eigenvalue weighted by atomic mass is 9.90. The molecule has 11 nitrogen and oxygen atoms in total. The van der Waals surface area contributed by atoms with E-state index >= 15 is 0 Å². The first kappa shape index (κ1) is 28.5. The Balaban J connectivity index is 1.67. The number of hydrogen-bond donors (Lipinski definition) is 6. The van der Waals surface area contributed by atoms with Crippen LogP contribution in [0.1, 0.15) is 31.2 Å². The van der Waals surface area contributed by atoms with Crippen LogP contribution in [0.5, 0.6) is 5.75 Å². The van der Waals surface area contributed by atoms with Gasteiger partial charge in [-0.05, 0) is 25.0 Å². The maximum atomic E-state index is 13.6. The van der Waals surface area contributed by atoms with Crippen molar-refractivity contribution >= 4 is 17.8 Å². The summed E-state index contributed by atoms with van der Waals surface area (Å²) in [6.07, 6.45) is -3.68. The number of ether oxygens (including phenoxy) is 2. The van der Waals surface area contributed by atoms with Crippen molar-refractivity contribution in [3.8, 4) is 5.75 Å². The van der Waals surface area contributed by atoms with E-state index in [1.54, 1.807) is 12.1 Å². The topological polar surface area (TPSA) is 166 Å². The summed E-state index contributed by atoms with van der Waals surface area (Å²) in [4.78, 5) is 39.9. The van der Waals surface area contributed by atoms with Crippen LogP contribution >= 0.6 is 0 Å². The number of carbonyl (C=O) groups excluding carboxylic acids is 3. The van der Waals surface area contributed by atoms with E-state index in [-0.39, 0.29) is 36.9 Å². The number of hydrogen-bond acceptors (Lipinski definition) is 9. The van der Waals surface area contributed by atoms with Gasteiger partial charge in [0.15, 0.2) is 0 Å². The number of amides is 2. The molecule has 0 saturated carbocycles. The Labute approximate surface area is 226 Å². The van der Waals surface area contributed by atoms with Crippen LogP contribution in [0.25, 0.3) is 0 Å². The Bertz CT molecular complexity index is 1160. The van der Waals surface area contributed by atoms with Crippen LogP contribution in [0.2, 0.25) is 0 Å². The molecule has 2 aliphatic rings. The maximum Gasteiger partial charge on any atom is 0.329 e. The number of rotatable bonds is 6. The first-order chi connectivity index (χ1) is 18.7. The highest BCUT2D eigenvalue weighted by atomic mass is 16.5. The van der Waals surface area contributed by atoms with Gasteiger partial charge in [-0.1, -0.05) is 55.5 Å². The van der Waals surface area contributed by atoms with Gasteiger partial charge in [0, 0.05) is 11.5 Å². The molecule has 0 bridgehead atoms. The van der Waals surface area contributed by atoms with Gasteiger partial charge >= 0.3 is 5.97 Å². The Morgan fingerprint density at radius 2 is 1.64 bits per heavy atom. The van der Waals surface area contributed by atoms with Crippen LogP contribution in [-0.4, -0.2) is 76.7 Å². The SMILES string of the molecule is CC1OC(=O)C(C2COC2)NC(=O)C(C)C(O)C(Cc2ccccc2)NC(=O)C1NC(O)c1ccccc1O. The lowest BCUT2D eigenvalue weighted by Crippen LogP contribution is -2.62. The monoisotopic (exact) mass is 541 g/mol. The summed E-state index contributed by atoms with van der Waals surface area (Å²) in [7, 11) is 0. The highest BCUT2D eigenvalue weighted by Crippen LogP contribution is 2.24. The minimum absolute atomic E-state index is 0.126. The number of aliphatic hydroxyl groups is 2. The summed E-state index contributed by atoms with van der Waals surface area (Å²) >= 11 is 0. The summed E-state index contributed by atoms with van der Waals surface area (Å²) in [5.41, 5.74) is 0.950. The average molecular weight is 542 g/mol. The highest BCUT2D eigenvalue weighted by molar-refractivity contribution is 5.88. The molecule has 0 spiro atoms. The Hall–Kier alpha value is -3.51. The molecular formula is C28H35N3O8. The van der Waals surface area contributed by atoms with E-state index in [0.29, 0.717) is 0 Å². The number of phenolic OH excluding ortho intramolecular Hbond substituents is 1. The van der Waals surface area contributed by atoms with Crippen molar-refractivity contribution in [1.82, 2.24) is 16.0 Å². The van der Waals surface area contributed by atoms with E-state index < -0.39 is 60.3 Å². The Morgan fingerprint density at radius 1 is 0.974 bits per heavy atom. The van der Waals surface area contributed by atoms with E-state index in [0.717, 1.165) is 5.56 Å². The van der Waals surface area contributed by atoms with Crippen molar-refractivity contribution in [2.45, 2.75) is 56.8 Å². The van der Waals surface area contributed by atoms with Crippen LogP contribution in [0.3, 0.4) is 0 Å². The fourth-order valence-electron chi connectivity index (χ4n) is 4.73. The predicted molar refractivity (Wildman–Crippen MR) is 139 cm³/mol. The molecule has 4 rings (SSSR count). The molecule has 0 radical (unpaired) electrons. The molecule has 2 saturated heterocycles. The van der Waals surface area contributed by atoms with Crippen molar-refractivity contribution in [2.75, 3.05) is 13.2 Å². The van der Waals surface area contributed by atoms with Crippen molar-refractivity contribution in [3.05, 3.63) is 65.7 Å². The zero-order chi connectivity index (χ0) is 28.1. The zero-order valence-corrected chi connectivity index (χ0v) is 21.8. The van der Waals surface area contributed by atoms with Gasteiger partial charge in [-0.15, -0.1) is 0 Å². The molecule has 2 aromatic carbocycles. The number of phenols is 1. The van der Waals surface area contributed by atoms with Crippen molar-refractivity contribution < 1.29 is 39.2 Å². The number of nitrogens with one attached hydrogen (secondary N) is 3. The molecule has 2 aromatic rings. The summed E-state index contributed by atoms with van der Waals surface area (Å²) in [5, 5.41) is 40.5. The lowest BCUT2D eigenvalue weighted by Gasteiger charge is -2.37. The normalized spacial score (nSPS) is 29.6. The van der Waals surface area contributed by atoms with E-state index in [2.05, 4.69) is 16.0 Å². The molecule has 2 heterocycles. The van der Waals surface area contributed by atoms with Gasteiger partial charge in [0.2, 0.25) is 11.8 Å². The van der Waals surface area contributed by atoms with Crippen LogP contribution in [0, 0.1) is 11.8 Å². The van der Waals surface area contributed by atoms with Gasteiger partial charge in [-0.3, -0.25) is 14.9 Å². The number of aromatic hydroxyl groups is 1. The first-order valence-corrected chi connectivity index (χ1v) is 13.0. The van der Waals surface area contributed by atoms with Gasteiger partial charge in [0.05, 0.1) is 31.3 Å². The smallest absolute Gasteiger partial charge is 0.329 e. The number of esters is 1. The molecule has 7 unspecified atom stereocenters. The summed E-state index contributed by atoms with van der Waals surface area (Å²) in [6, 6.07) is 12.1. The molecule has 2 amide bonds. The van der Waals surface area contributed by atoms with Crippen LogP contribution < -0.4 is 16.0 Å². The largest absolute Gasteiger partial charge is 0.508 e. The molecule has 6 N–H and O–H groups in total. The van der Waals surface area contributed by atoms with Gasteiger partial charge in [0.25, 0.3) is 0 Å². The van der Waals surface area contributed by atoms with E-state index in [4.69, 9.17) is 9.47 Å². The molecule has 2 aliphatic heterocycles. The maximum absolute atomic E-state index is 13.6. The summed E-state index contributed by atoms with van der Waals surface area (Å²) < 4.78 is 10.8. The van der Waals surface area contributed by atoms with Crippen LogP contribution in [0.4, 0.5) is 0 Å². The second kappa shape index (κ2) is 12.6. The van der Waals surface area contributed by atoms with Crippen LogP contribution in [0.15, 0.2) is 54.6 Å². The first-order valence-electron chi connectivity index (χ1n) is 13.0. The fourth-order valence-corrected chi connectivity index (χ4v) is 4.73. The third-order valence-corrected chi connectivity index (χ3v) is 7.27. The summed E-state index contributed by atoms with van der Waals surface area (Å²) in [5.74, 6) is -3.47. The number of benzene rings is 2. The average Bonchev–Trinajstić information content (AvgIpc) is 2.89. The van der Waals surface area contributed by atoms with Crippen LogP contribution in [-0.2, 0) is 30.3 Å². The lowest BCUT2D eigenvalue weighted by molar-refractivity contribution is -0.164. The van der Waals surface area contributed by atoms with Gasteiger partial charge < -0.3 is 35.4 Å². The minimum Gasteiger partial charge on any atom is -0.508 e. The van der Waals surface area contributed by atoms with Crippen molar-refractivity contribution in [2.24, 2.45) is 11.8 Å². The quantitative estimate of drug-likeness (QED) is 0.220. The third-order valence-electron chi connectivity index (χ3n) is 7.27. The number of cyclic esters (lactones) is 1. The second-order valence-electron chi connectivity index (χ2n) is 10.1. The number of aliphatic hydroxyl groups excluding tert-OH is 2. The molecule has 11 heteroatoms.